The van der Waals surface area contributed by atoms with Gasteiger partial charge in [-0.1, -0.05) is 12.2 Å². The van der Waals surface area contributed by atoms with E-state index in [4.69, 9.17) is 0 Å². The maximum absolute atomic E-state index is 12.5. The molecule has 3 aliphatic carbocycles. The number of nitrogens with zero attached hydrogens (tertiary/aromatic N) is 1. The van der Waals surface area contributed by atoms with Gasteiger partial charge in [-0.05, 0) is 49.9 Å². The normalized spacial score (nSPS) is 46.4. The van der Waals surface area contributed by atoms with E-state index >= 15 is 0 Å². The van der Waals surface area contributed by atoms with Crippen molar-refractivity contribution in [1.29, 1.82) is 0 Å². The summed E-state index contributed by atoms with van der Waals surface area (Å²) in [6.45, 7) is 0.580. The van der Waals surface area contributed by atoms with Crippen molar-refractivity contribution in [3.8, 4) is 0 Å². The summed E-state index contributed by atoms with van der Waals surface area (Å²) in [6.07, 6.45) is 8.56. The molecule has 1 aliphatic heterocycles. The van der Waals surface area contributed by atoms with Crippen LogP contribution in [0.4, 0.5) is 0 Å². The van der Waals surface area contributed by atoms with Gasteiger partial charge in [0.25, 0.3) is 0 Å². The molecule has 3 fully saturated rings. The lowest BCUT2D eigenvalue weighted by Gasteiger charge is -2.29. The molecule has 0 spiro atoms. The molecule has 1 saturated heterocycles. The Hall–Kier alpha value is -1.16. The number of amides is 2. The molecule has 1 N–H and O–H groups in total. The molecule has 4 unspecified atom stereocenters. The molecule has 0 aromatic carbocycles. The molecule has 108 valence electrons. The highest BCUT2D eigenvalue weighted by atomic mass is 16.3. The van der Waals surface area contributed by atoms with Crippen molar-refractivity contribution in [1.82, 2.24) is 4.90 Å². The third-order valence-electron chi connectivity index (χ3n) is 5.82. The molecule has 0 aromatic heterocycles. The van der Waals surface area contributed by atoms with E-state index in [1.807, 2.05) is 0 Å². The Morgan fingerprint density at radius 3 is 2.10 bits per heavy atom. The second kappa shape index (κ2) is 4.42. The second-order valence-electron chi connectivity index (χ2n) is 6.96. The maximum atomic E-state index is 12.5. The van der Waals surface area contributed by atoms with Gasteiger partial charge in [-0.2, -0.15) is 0 Å². The molecule has 4 heteroatoms. The number of allylic oxidation sites excluding steroid dienone is 2. The first kappa shape index (κ1) is 12.6. The number of aliphatic hydroxyl groups excluding tert-OH is 1. The smallest absolute Gasteiger partial charge is 0.233 e. The van der Waals surface area contributed by atoms with E-state index in [1.165, 1.54) is 0 Å². The summed E-state index contributed by atoms with van der Waals surface area (Å²) in [5, 5.41) is 9.55. The number of imide groups is 1. The first-order valence-electron chi connectivity index (χ1n) is 7.86. The number of aliphatic hydroxyl groups is 1. The zero-order valence-corrected chi connectivity index (χ0v) is 11.6. The van der Waals surface area contributed by atoms with Crippen LogP contribution in [-0.4, -0.2) is 34.5 Å². The van der Waals surface area contributed by atoms with Crippen LogP contribution in [0.1, 0.15) is 32.1 Å². The van der Waals surface area contributed by atoms with Gasteiger partial charge in [-0.3, -0.25) is 14.5 Å². The Morgan fingerprint density at radius 2 is 1.55 bits per heavy atom. The fraction of sp³-hybridized carbons (Fsp3) is 0.750. The summed E-state index contributed by atoms with van der Waals surface area (Å²) >= 11 is 0. The highest BCUT2D eigenvalue weighted by Gasteiger charge is 2.59. The van der Waals surface area contributed by atoms with Gasteiger partial charge < -0.3 is 5.11 Å². The van der Waals surface area contributed by atoms with Gasteiger partial charge in [0.2, 0.25) is 11.8 Å². The predicted molar refractivity (Wildman–Crippen MR) is 72.4 cm³/mol. The lowest BCUT2D eigenvalue weighted by atomic mass is 9.85. The number of rotatable bonds is 2. The Kier molecular flexibility index (Phi) is 2.78. The summed E-state index contributed by atoms with van der Waals surface area (Å²) in [4.78, 5) is 26.6. The molecule has 2 amide bonds. The number of hydrogen-bond acceptors (Lipinski definition) is 3. The standard InChI is InChI=1S/C16H21NO3/c18-12-5-1-9(2-6-12)8-17-15(19)13-10-3-4-11(7-10)14(13)16(17)20/h3-4,9-14,18H,1-2,5-8H2. The van der Waals surface area contributed by atoms with Gasteiger partial charge >= 0.3 is 0 Å². The van der Waals surface area contributed by atoms with E-state index < -0.39 is 0 Å². The van der Waals surface area contributed by atoms with Crippen LogP contribution in [0.25, 0.3) is 0 Å². The van der Waals surface area contributed by atoms with Gasteiger partial charge in [0.05, 0.1) is 17.9 Å². The van der Waals surface area contributed by atoms with E-state index in [2.05, 4.69) is 12.2 Å². The molecule has 4 rings (SSSR count). The summed E-state index contributed by atoms with van der Waals surface area (Å²) in [5.74, 6) is 1.01. The number of hydrogen-bond donors (Lipinski definition) is 1. The van der Waals surface area contributed by atoms with Crippen molar-refractivity contribution < 1.29 is 14.7 Å². The Morgan fingerprint density at radius 1 is 1.00 bits per heavy atom. The molecule has 1 heterocycles. The fourth-order valence-electron chi connectivity index (χ4n) is 4.73. The predicted octanol–water partition coefficient (Wildman–Crippen LogP) is 1.34. The number of fused-ring (bicyclic) bond motifs is 5. The van der Waals surface area contributed by atoms with Crippen LogP contribution in [0.15, 0.2) is 12.2 Å². The Labute approximate surface area is 118 Å². The number of likely N-dealkylation sites (tertiary alicyclic amines) is 1. The average molecular weight is 275 g/mol. The molecular formula is C16H21NO3. The highest BCUT2D eigenvalue weighted by molar-refractivity contribution is 6.06. The minimum absolute atomic E-state index is 0.0633. The second-order valence-corrected chi connectivity index (χ2v) is 6.96. The largest absolute Gasteiger partial charge is 0.393 e. The number of carbonyl (C=O) groups is 2. The van der Waals surface area contributed by atoms with E-state index in [1.54, 1.807) is 4.90 Å². The molecular weight excluding hydrogens is 254 g/mol. The monoisotopic (exact) mass is 275 g/mol. The van der Waals surface area contributed by atoms with E-state index in [0.29, 0.717) is 24.3 Å². The summed E-state index contributed by atoms with van der Waals surface area (Å²) < 4.78 is 0. The van der Waals surface area contributed by atoms with Crippen LogP contribution in [-0.2, 0) is 9.59 Å². The molecule has 4 atom stereocenters. The topological polar surface area (TPSA) is 57.6 Å². The molecule has 0 aromatic rings. The summed E-state index contributed by atoms with van der Waals surface area (Å²) in [7, 11) is 0. The van der Waals surface area contributed by atoms with Gasteiger partial charge in [0.1, 0.15) is 0 Å². The van der Waals surface area contributed by atoms with Crippen molar-refractivity contribution in [2.75, 3.05) is 6.54 Å². The first-order valence-corrected chi connectivity index (χ1v) is 7.86. The lowest BCUT2D eigenvalue weighted by molar-refractivity contribution is -0.141. The minimum Gasteiger partial charge on any atom is -0.393 e. The zero-order chi connectivity index (χ0) is 13.9. The Bertz CT molecular complexity index is 448. The maximum Gasteiger partial charge on any atom is 0.233 e. The quantitative estimate of drug-likeness (QED) is 0.611. The van der Waals surface area contributed by atoms with Crippen LogP contribution in [0, 0.1) is 29.6 Å². The van der Waals surface area contributed by atoms with Crippen LogP contribution in [0.5, 0.6) is 0 Å². The lowest BCUT2D eigenvalue weighted by Crippen LogP contribution is -2.38. The van der Waals surface area contributed by atoms with Crippen LogP contribution < -0.4 is 0 Å². The number of carbonyl (C=O) groups excluding carboxylic acids is 2. The molecule has 20 heavy (non-hydrogen) atoms. The van der Waals surface area contributed by atoms with Gasteiger partial charge in [-0.15, -0.1) is 0 Å². The van der Waals surface area contributed by atoms with E-state index in [0.717, 1.165) is 32.1 Å². The van der Waals surface area contributed by atoms with Gasteiger partial charge in [0.15, 0.2) is 0 Å². The van der Waals surface area contributed by atoms with E-state index in [-0.39, 0.29) is 29.8 Å². The van der Waals surface area contributed by atoms with Crippen molar-refractivity contribution in [3.05, 3.63) is 12.2 Å². The van der Waals surface area contributed by atoms with Crippen molar-refractivity contribution in [2.24, 2.45) is 29.6 Å². The van der Waals surface area contributed by atoms with Crippen LogP contribution in [0.2, 0.25) is 0 Å². The van der Waals surface area contributed by atoms with Crippen LogP contribution in [0.3, 0.4) is 0 Å². The van der Waals surface area contributed by atoms with Gasteiger partial charge in [-0.25, -0.2) is 0 Å². The van der Waals surface area contributed by atoms with Gasteiger partial charge in [0, 0.05) is 6.54 Å². The van der Waals surface area contributed by atoms with E-state index in [9.17, 15) is 14.7 Å². The third-order valence-corrected chi connectivity index (χ3v) is 5.82. The van der Waals surface area contributed by atoms with Crippen molar-refractivity contribution >= 4 is 11.8 Å². The third kappa shape index (κ3) is 1.70. The summed E-state index contributed by atoms with van der Waals surface area (Å²) in [6, 6.07) is 0. The molecule has 4 nitrogen and oxygen atoms in total. The molecule has 0 radical (unpaired) electrons. The summed E-state index contributed by atoms with van der Waals surface area (Å²) in [5.41, 5.74) is 0. The zero-order valence-electron chi connectivity index (χ0n) is 11.6. The van der Waals surface area contributed by atoms with Crippen LogP contribution >= 0.6 is 0 Å². The minimum atomic E-state index is -0.185. The molecule has 2 saturated carbocycles. The molecule has 4 aliphatic rings. The highest BCUT2D eigenvalue weighted by Crippen LogP contribution is 2.52. The first-order chi connectivity index (χ1) is 9.65. The Balaban J connectivity index is 1.48. The fourth-order valence-corrected chi connectivity index (χ4v) is 4.73. The SMILES string of the molecule is O=C1C2C3C=CC(C3)C2C(=O)N1CC1CCC(O)CC1. The van der Waals surface area contributed by atoms with Crippen molar-refractivity contribution in [3.63, 3.8) is 0 Å². The molecule has 2 bridgehead atoms. The average Bonchev–Trinajstić information content (AvgIpc) is 3.11. The van der Waals surface area contributed by atoms with Crippen molar-refractivity contribution in [2.45, 2.75) is 38.2 Å².